The number of benzene rings is 1. The van der Waals surface area contributed by atoms with Gasteiger partial charge in [-0.25, -0.2) is 0 Å². The van der Waals surface area contributed by atoms with Crippen molar-refractivity contribution in [2.75, 3.05) is 5.32 Å². The zero-order valence-electron chi connectivity index (χ0n) is 13.8. The molecule has 2 N–H and O–H groups in total. The van der Waals surface area contributed by atoms with Crippen LogP contribution in [0.3, 0.4) is 0 Å². The van der Waals surface area contributed by atoms with Crippen LogP contribution in [-0.4, -0.2) is 22.9 Å². The molecule has 2 amide bonds. The molecule has 24 heavy (non-hydrogen) atoms. The van der Waals surface area contributed by atoms with Crippen LogP contribution >= 0.6 is 0 Å². The summed E-state index contributed by atoms with van der Waals surface area (Å²) >= 11 is 0. The lowest BCUT2D eigenvalue weighted by atomic mass is 10.2. The number of ether oxygens (including phenoxy) is 1. The molecule has 2 aromatic rings. The van der Waals surface area contributed by atoms with Crippen molar-refractivity contribution >= 4 is 17.5 Å². The lowest BCUT2D eigenvalue weighted by molar-refractivity contribution is -0.126. The Hall–Kier alpha value is -2.89. The molecule has 1 aromatic heterocycles. The Morgan fingerprint density at radius 3 is 2.50 bits per heavy atom. The third-order valence-corrected chi connectivity index (χ3v) is 3.04. The number of nitrogens with zero attached hydrogens (tertiary/aromatic N) is 1. The summed E-state index contributed by atoms with van der Waals surface area (Å²) in [6, 6.07) is 10.7. The number of pyridine rings is 1. The van der Waals surface area contributed by atoms with E-state index in [2.05, 4.69) is 15.6 Å². The summed E-state index contributed by atoms with van der Waals surface area (Å²) in [4.78, 5) is 27.6. The van der Waals surface area contributed by atoms with Crippen molar-refractivity contribution in [1.29, 1.82) is 0 Å². The topological polar surface area (TPSA) is 80.3 Å². The Bertz CT molecular complexity index is 670. The van der Waals surface area contributed by atoms with Crippen molar-refractivity contribution < 1.29 is 14.3 Å². The van der Waals surface area contributed by atoms with E-state index in [4.69, 9.17) is 4.74 Å². The van der Waals surface area contributed by atoms with E-state index < -0.39 is 0 Å². The third kappa shape index (κ3) is 6.08. The quantitative estimate of drug-likeness (QED) is 0.766. The van der Waals surface area contributed by atoms with Crippen LogP contribution in [0.15, 0.2) is 48.8 Å². The standard InChI is InChI=1S/C18H21N3O3/c1-13(2)24-16-7-5-15(6-8-16)21-18(23)10-17(22)20-12-14-4-3-9-19-11-14/h3-9,11,13H,10,12H2,1-2H3,(H,20,22)(H,21,23). The third-order valence-electron chi connectivity index (χ3n) is 3.04. The highest BCUT2D eigenvalue weighted by Gasteiger charge is 2.09. The summed E-state index contributed by atoms with van der Waals surface area (Å²) in [5.41, 5.74) is 1.50. The molecule has 0 aliphatic rings. The van der Waals surface area contributed by atoms with Crippen LogP contribution in [0.2, 0.25) is 0 Å². The minimum absolute atomic E-state index is 0.0916. The molecule has 0 saturated heterocycles. The smallest absolute Gasteiger partial charge is 0.233 e. The molecule has 0 fully saturated rings. The Balaban J connectivity index is 1.76. The molecule has 0 unspecified atom stereocenters. The van der Waals surface area contributed by atoms with Gasteiger partial charge in [0.1, 0.15) is 12.2 Å². The molecular weight excluding hydrogens is 306 g/mol. The molecular formula is C18H21N3O3. The first-order valence-electron chi connectivity index (χ1n) is 7.75. The summed E-state index contributed by atoms with van der Waals surface area (Å²) in [6.07, 6.45) is 3.19. The Kier molecular flexibility index (Phi) is 6.31. The van der Waals surface area contributed by atoms with Gasteiger partial charge in [0.05, 0.1) is 6.10 Å². The van der Waals surface area contributed by atoms with Crippen molar-refractivity contribution in [2.45, 2.75) is 32.9 Å². The first-order valence-corrected chi connectivity index (χ1v) is 7.75. The molecule has 0 radical (unpaired) electrons. The first-order chi connectivity index (χ1) is 11.5. The molecule has 6 heteroatoms. The average Bonchev–Trinajstić information content (AvgIpc) is 2.55. The largest absolute Gasteiger partial charge is 0.491 e. The van der Waals surface area contributed by atoms with Gasteiger partial charge in [-0.05, 0) is 49.7 Å². The van der Waals surface area contributed by atoms with Gasteiger partial charge in [-0.3, -0.25) is 14.6 Å². The molecule has 0 aliphatic carbocycles. The fourth-order valence-electron chi connectivity index (χ4n) is 2.01. The zero-order chi connectivity index (χ0) is 17.4. The van der Waals surface area contributed by atoms with Gasteiger partial charge in [-0.2, -0.15) is 0 Å². The zero-order valence-corrected chi connectivity index (χ0v) is 13.8. The van der Waals surface area contributed by atoms with Gasteiger partial charge in [0, 0.05) is 24.6 Å². The minimum Gasteiger partial charge on any atom is -0.491 e. The van der Waals surface area contributed by atoms with E-state index in [-0.39, 0.29) is 24.3 Å². The first kappa shape index (κ1) is 17.5. The van der Waals surface area contributed by atoms with Crippen LogP contribution in [0, 0.1) is 0 Å². The van der Waals surface area contributed by atoms with Crippen molar-refractivity contribution in [3.8, 4) is 5.75 Å². The minimum atomic E-state index is -0.365. The maximum Gasteiger partial charge on any atom is 0.233 e. The molecule has 2 rings (SSSR count). The van der Waals surface area contributed by atoms with Crippen LogP contribution in [0.25, 0.3) is 0 Å². The van der Waals surface area contributed by atoms with Gasteiger partial charge >= 0.3 is 0 Å². The fraction of sp³-hybridized carbons (Fsp3) is 0.278. The fourth-order valence-corrected chi connectivity index (χ4v) is 2.01. The maximum absolute atomic E-state index is 11.9. The van der Waals surface area contributed by atoms with Crippen LogP contribution in [-0.2, 0) is 16.1 Å². The highest BCUT2D eigenvalue weighted by Crippen LogP contribution is 2.17. The van der Waals surface area contributed by atoms with E-state index >= 15 is 0 Å². The average molecular weight is 327 g/mol. The number of amides is 2. The van der Waals surface area contributed by atoms with Crippen molar-refractivity contribution in [2.24, 2.45) is 0 Å². The van der Waals surface area contributed by atoms with Gasteiger partial charge < -0.3 is 15.4 Å². The summed E-state index contributed by atoms with van der Waals surface area (Å²) in [5, 5.41) is 5.37. The molecule has 1 heterocycles. The number of carbonyl (C=O) groups excluding carboxylic acids is 2. The van der Waals surface area contributed by atoms with Crippen molar-refractivity contribution in [1.82, 2.24) is 10.3 Å². The summed E-state index contributed by atoms with van der Waals surface area (Å²) in [6.45, 7) is 4.24. The van der Waals surface area contributed by atoms with E-state index in [1.165, 1.54) is 0 Å². The van der Waals surface area contributed by atoms with E-state index in [1.54, 1.807) is 42.7 Å². The van der Waals surface area contributed by atoms with Gasteiger partial charge in [0.15, 0.2) is 0 Å². The van der Waals surface area contributed by atoms with Crippen LogP contribution in [0.1, 0.15) is 25.8 Å². The number of rotatable bonds is 7. The second kappa shape index (κ2) is 8.67. The highest BCUT2D eigenvalue weighted by atomic mass is 16.5. The summed E-state index contributed by atoms with van der Waals surface area (Å²) < 4.78 is 5.53. The molecule has 1 aromatic carbocycles. The molecule has 0 bridgehead atoms. The van der Waals surface area contributed by atoms with Gasteiger partial charge in [-0.1, -0.05) is 6.07 Å². The predicted molar refractivity (Wildman–Crippen MR) is 91.5 cm³/mol. The number of carbonyl (C=O) groups is 2. The number of hydrogen-bond acceptors (Lipinski definition) is 4. The number of nitrogens with one attached hydrogen (secondary N) is 2. The normalized spacial score (nSPS) is 10.3. The van der Waals surface area contributed by atoms with Gasteiger partial charge in [0.25, 0.3) is 0 Å². The van der Waals surface area contributed by atoms with E-state index in [9.17, 15) is 9.59 Å². The lowest BCUT2D eigenvalue weighted by Gasteiger charge is -2.10. The summed E-state index contributed by atoms with van der Waals surface area (Å²) in [7, 11) is 0. The molecule has 0 saturated carbocycles. The van der Waals surface area contributed by atoms with Crippen molar-refractivity contribution in [3.05, 3.63) is 54.4 Å². The van der Waals surface area contributed by atoms with E-state index in [0.29, 0.717) is 12.2 Å². The van der Waals surface area contributed by atoms with Gasteiger partial charge in [-0.15, -0.1) is 0 Å². The second-order valence-corrected chi connectivity index (χ2v) is 5.55. The Labute approximate surface area is 141 Å². The maximum atomic E-state index is 11.9. The van der Waals surface area contributed by atoms with Crippen LogP contribution < -0.4 is 15.4 Å². The number of aromatic nitrogens is 1. The SMILES string of the molecule is CC(C)Oc1ccc(NC(=O)CC(=O)NCc2cccnc2)cc1. The highest BCUT2D eigenvalue weighted by molar-refractivity contribution is 6.03. The number of hydrogen-bond donors (Lipinski definition) is 2. The lowest BCUT2D eigenvalue weighted by Crippen LogP contribution is -2.27. The monoisotopic (exact) mass is 327 g/mol. The van der Waals surface area contributed by atoms with Crippen LogP contribution in [0.5, 0.6) is 5.75 Å². The second-order valence-electron chi connectivity index (χ2n) is 5.55. The predicted octanol–water partition coefficient (Wildman–Crippen LogP) is 2.51. The molecule has 0 spiro atoms. The van der Waals surface area contributed by atoms with Gasteiger partial charge in [0.2, 0.25) is 11.8 Å². The molecule has 0 atom stereocenters. The molecule has 126 valence electrons. The van der Waals surface area contributed by atoms with E-state index in [0.717, 1.165) is 11.3 Å². The summed E-state index contributed by atoms with van der Waals surface area (Å²) in [5.74, 6) is 0.0320. The number of anilines is 1. The molecule has 6 nitrogen and oxygen atoms in total. The van der Waals surface area contributed by atoms with E-state index in [1.807, 2.05) is 19.9 Å². The molecule has 0 aliphatic heterocycles. The Morgan fingerprint density at radius 2 is 1.88 bits per heavy atom. The van der Waals surface area contributed by atoms with Crippen LogP contribution in [0.4, 0.5) is 5.69 Å². The Morgan fingerprint density at radius 1 is 1.12 bits per heavy atom. The van der Waals surface area contributed by atoms with Crippen molar-refractivity contribution in [3.63, 3.8) is 0 Å².